The fraction of sp³-hybridized carbons (Fsp3) is 1.00. The SMILES string of the molecule is CCCC1CCCN(CCC2COCCN2)CC1. The monoisotopic (exact) mass is 254 g/mol. The summed E-state index contributed by atoms with van der Waals surface area (Å²) in [6.07, 6.45) is 8.31. The van der Waals surface area contributed by atoms with E-state index in [-0.39, 0.29) is 0 Å². The molecule has 0 aromatic heterocycles. The van der Waals surface area contributed by atoms with Crippen molar-refractivity contribution >= 4 is 0 Å². The van der Waals surface area contributed by atoms with Crippen LogP contribution in [0.4, 0.5) is 0 Å². The van der Waals surface area contributed by atoms with Gasteiger partial charge in [0.2, 0.25) is 0 Å². The maximum Gasteiger partial charge on any atom is 0.0620 e. The minimum Gasteiger partial charge on any atom is -0.379 e. The summed E-state index contributed by atoms with van der Waals surface area (Å²) in [6, 6.07) is 0.591. The summed E-state index contributed by atoms with van der Waals surface area (Å²) in [5.74, 6) is 0.996. The highest BCUT2D eigenvalue weighted by Gasteiger charge is 2.18. The van der Waals surface area contributed by atoms with Gasteiger partial charge in [-0.15, -0.1) is 0 Å². The maximum absolute atomic E-state index is 5.51. The van der Waals surface area contributed by atoms with Crippen molar-refractivity contribution in [3.63, 3.8) is 0 Å². The molecule has 0 aromatic rings. The van der Waals surface area contributed by atoms with E-state index < -0.39 is 0 Å². The lowest BCUT2D eigenvalue weighted by Gasteiger charge is -2.27. The van der Waals surface area contributed by atoms with Crippen LogP contribution in [0.2, 0.25) is 0 Å². The summed E-state index contributed by atoms with van der Waals surface area (Å²) in [5, 5.41) is 3.55. The number of morpholine rings is 1. The van der Waals surface area contributed by atoms with Gasteiger partial charge in [0.15, 0.2) is 0 Å². The van der Waals surface area contributed by atoms with Crippen molar-refractivity contribution in [2.45, 2.75) is 51.5 Å². The second-order valence-corrected chi connectivity index (χ2v) is 5.94. The van der Waals surface area contributed by atoms with Gasteiger partial charge >= 0.3 is 0 Å². The Morgan fingerprint density at radius 3 is 2.94 bits per heavy atom. The second-order valence-electron chi connectivity index (χ2n) is 5.94. The molecule has 0 radical (unpaired) electrons. The standard InChI is InChI=1S/C15H30N2O/c1-2-4-14-5-3-9-17(10-6-14)11-7-15-13-18-12-8-16-15/h14-16H,2-13H2,1H3. The van der Waals surface area contributed by atoms with Crippen LogP contribution < -0.4 is 5.32 Å². The number of hydrogen-bond acceptors (Lipinski definition) is 3. The van der Waals surface area contributed by atoms with Crippen molar-refractivity contribution in [2.24, 2.45) is 5.92 Å². The first-order valence-corrected chi connectivity index (χ1v) is 7.92. The average Bonchev–Trinajstić information content (AvgIpc) is 2.64. The Morgan fingerprint density at radius 1 is 1.22 bits per heavy atom. The molecule has 106 valence electrons. The Balaban J connectivity index is 1.63. The van der Waals surface area contributed by atoms with Crippen molar-refractivity contribution in [2.75, 3.05) is 39.4 Å². The van der Waals surface area contributed by atoms with Gasteiger partial charge in [-0.2, -0.15) is 0 Å². The topological polar surface area (TPSA) is 24.5 Å². The van der Waals surface area contributed by atoms with Crippen molar-refractivity contribution in [1.82, 2.24) is 10.2 Å². The molecule has 2 rings (SSSR count). The first-order chi connectivity index (χ1) is 8.88. The highest BCUT2D eigenvalue weighted by molar-refractivity contribution is 4.75. The summed E-state index contributed by atoms with van der Waals surface area (Å²) in [7, 11) is 0. The molecule has 18 heavy (non-hydrogen) atoms. The minimum absolute atomic E-state index is 0.591. The molecular formula is C15H30N2O. The molecule has 0 saturated carbocycles. The van der Waals surface area contributed by atoms with E-state index in [2.05, 4.69) is 17.1 Å². The van der Waals surface area contributed by atoms with Crippen molar-refractivity contribution in [3.8, 4) is 0 Å². The molecule has 0 spiro atoms. The summed E-state index contributed by atoms with van der Waals surface area (Å²) in [6.45, 7) is 9.03. The maximum atomic E-state index is 5.51. The number of ether oxygens (including phenoxy) is 1. The zero-order chi connectivity index (χ0) is 12.6. The molecule has 0 bridgehead atoms. The highest BCUT2D eigenvalue weighted by atomic mass is 16.5. The Hall–Kier alpha value is -0.120. The third-order valence-corrected chi connectivity index (χ3v) is 4.43. The van der Waals surface area contributed by atoms with E-state index in [0.29, 0.717) is 6.04 Å². The lowest BCUT2D eigenvalue weighted by atomic mass is 9.96. The zero-order valence-corrected chi connectivity index (χ0v) is 12.0. The van der Waals surface area contributed by atoms with E-state index in [1.807, 2.05) is 0 Å². The summed E-state index contributed by atoms with van der Waals surface area (Å²) in [4.78, 5) is 2.67. The third-order valence-electron chi connectivity index (χ3n) is 4.43. The van der Waals surface area contributed by atoms with Gasteiger partial charge < -0.3 is 15.0 Å². The van der Waals surface area contributed by atoms with Gasteiger partial charge in [0, 0.05) is 12.6 Å². The normalized spacial score (nSPS) is 31.2. The molecule has 2 fully saturated rings. The molecule has 2 unspecified atom stereocenters. The number of nitrogens with one attached hydrogen (secondary N) is 1. The summed E-state index contributed by atoms with van der Waals surface area (Å²) >= 11 is 0. The number of rotatable bonds is 5. The van der Waals surface area contributed by atoms with Crippen LogP contribution in [0, 0.1) is 5.92 Å². The largest absolute Gasteiger partial charge is 0.379 e. The van der Waals surface area contributed by atoms with Crippen molar-refractivity contribution in [1.29, 1.82) is 0 Å². The van der Waals surface area contributed by atoms with Gasteiger partial charge in [-0.05, 0) is 51.2 Å². The van der Waals surface area contributed by atoms with Gasteiger partial charge in [0.25, 0.3) is 0 Å². The van der Waals surface area contributed by atoms with E-state index in [4.69, 9.17) is 4.74 Å². The van der Waals surface area contributed by atoms with Gasteiger partial charge in [-0.3, -0.25) is 0 Å². The third kappa shape index (κ3) is 4.87. The Labute approximate surface area is 112 Å². The van der Waals surface area contributed by atoms with Crippen LogP contribution in [-0.4, -0.2) is 50.3 Å². The molecule has 2 heterocycles. The highest BCUT2D eigenvalue weighted by Crippen LogP contribution is 2.22. The second kappa shape index (κ2) is 8.13. The lowest BCUT2D eigenvalue weighted by molar-refractivity contribution is 0.0700. The first-order valence-electron chi connectivity index (χ1n) is 7.92. The molecule has 2 aliphatic rings. The van der Waals surface area contributed by atoms with E-state index in [1.165, 1.54) is 58.2 Å². The molecular weight excluding hydrogens is 224 g/mol. The van der Waals surface area contributed by atoms with Crippen molar-refractivity contribution in [3.05, 3.63) is 0 Å². The van der Waals surface area contributed by atoms with Crippen LogP contribution in [0.1, 0.15) is 45.4 Å². The predicted molar refractivity (Wildman–Crippen MR) is 75.9 cm³/mol. The molecule has 3 heteroatoms. The Bertz CT molecular complexity index is 217. The molecule has 0 amide bonds. The van der Waals surface area contributed by atoms with Gasteiger partial charge in [0.1, 0.15) is 0 Å². The summed E-state index contributed by atoms with van der Waals surface area (Å²) < 4.78 is 5.51. The molecule has 1 N–H and O–H groups in total. The fourth-order valence-electron chi connectivity index (χ4n) is 3.29. The van der Waals surface area contributed by atoms with E-state index in [0.717, 1.165) is 25.7 Å². The van der Waals surface area contributed by atoms with Crippen LogP contribution in [0.5, 0.6) is 0 Å². The van der Waals surface area contributed by atoms with E-state index in [9.17, 15) is 0 Å². The van der Waals surface area contributed by atoms with Crippen LogP contribution in [0.15, 0.2) is 0 Å². The van der Waals surface area contributed by atoms with E-state index >= 15 is 0 Å². The zero-order valence-electron chi connectivity index (χ0n) is 12.0. The molecule has 2 saturated heterocycles. The van der Waals surface area contributed by atoms with Crippen LogP contribution in [-0.2, 0) is 4.74 Å². The molecule has 2 aliphatic heterocycles. The van der Waals surface area contributed by atoms with Gasteiger partial charge in [-0.1, -0.05) is 19.8 Å². The van der Waals surface area contributed by atoms with Crippen LogP contribution in [0.3, 0.4) is 0 Å². The Morgan fingerprint density at radius 2 is 2.17 bits per heavy atom. The predicted octanol–water partition coefficient (Wildman–Crippen LogP) is 2.27. The van der Waals surface area contributed by atoms with Gasteiger partial charge in [-0.25, -0.2) is 0 Å². The quantitative estimate of drug-likeness (QED) is 0.814. The lowest BCUT2D eigenvalue weighted by Crippen LogP contribution is -2.43. The number of hydrogen-bond donors (Lipinski definition) is 1. The average molecular weight is 254 g/mol. The smallest absolute Gasteiger partial charge is 0.0620 e. The van der Waals surface area contributed by atoms with Crippen LogP contribution >= 0.6 is 0 Å². The molecule has 2 atom stereocenters. The Kier molecular flexibility index (Phi) is 6.46. The first kappa shape index (κ1) is 14.3. The fourth-order valence-corrected chi connectivity index (χ4v) is 3.29. The molecule has 0 aromatic carbocycles. The summed E-state index contributed by atoms with van der Waals surface area (Å²) in [5.41, 5.74) is 0. The van der Waals surface area contributed by atoms with Gasteiger partial charge in [0.05, 0.1) is 13.2 Å². The van der Waals surface area contributed by atoms with Crippen molar-refractivity contribution < 1.29 is 4.74 Å². The number of likely N-dealkylation sites (tertiary alicyclic amines) is 1. The minimum atomic E-state index is 0.591. The van der Waals surface area contributed by atoms with E-state index in [1.54, 1.807) is 0 Å². The molecule has 0 aliphatic carbocycles. The van der Waals surface area contributed by atoms with Crippen LogP contribution in [0.25, 0.3) is 0 Å². The molecule has 3 nitrogen and oxygen atoms in total. The number of nitrogens with zero attached hydrogens (tertiary/aromatic N) is 1.